The number of aryl methyl sites for hydroxylation is 1. The molecule has 2 aromatic carbocycles. The van der Waals surface area contributed by atoms with E-state index < -0.39 is 0 Å². The van der Waals surface area contributed by atoms with Crippen LogP contribution in [-0.2, 0) is 6.54 Å². The van der Waals surface area contributed by atoms with Crippen LogP contribution in [-0.4, -0.2) is 11.0 Å². The maximum atomic E-state index is 12.1. The highest BCUT2D eigenvalue weighted by Gasteiger charge is 2.11. The van der Waals surface area contributed by atoms with E-state index in [1.807, 2.05) is 25.1 Å². The molecule has 0 aromatic heterocycles. The molecule has 0 unspecified atom stereocenters. The van der Waals surface area contributed by atoms with Crippen LogP contribution < -0.4 is 11.1 Å². The van der Waals surface area contributed by atoms with Gasteiger partial charge < -0.3 is 16.2 Å². The van der Waals surface area contributed by atoms with E-state index >= 15 is 0 Å². The number of hydrogen-bond donors (Lipinski definition) is 3. The van der Waals surface area contributed by atoms with Gasteiger partial charge in [0.2, 0.25) is 0 Å². The third-order valence-electron chi connectivity index (χ3n) is 2.93. The Hall–Kier alpha value is -2.33. The average Bonchev–Trinajstić information content (AvgIpc) is 2.41. The predicted molar refractivity (Wildman–Crippen MR) is 75.1 cm³/mol. The lowest BCUT2D eigenvalue weighted by Gasteiger charge is -2.10. The molecule has 0 saturated heterocycles. The van der Waals surface area contributed by atoms with Crippen molar-refractivity contribution in [2.75, 3.05) is 5.32 Å². The number of benzene rings is 2. The van der Waals surface area contributed by atoms with Gasteiger partial charge in [0.05, 0.1) is 5.56 Å². The molecule has 0 atom stereocenters. The van der Waals surface area contributed by atoms with E-state index in [1.165, 1.54) is 6.07 Å². The molecule has 1 amide bonds. The van der Waals surface area contributed by atoms with Gasteiger partial charge >= 0.3 is 0 Å². The normalized spacial score (nSPS) is 10.2. The lowest BCUT2D eigenvalue weighted by molar-refractivity contribution is 0.102. The molecule has 2 aromatic rings. The Kier molecular flexibility index (Phi) is 3.82. The number of hydrogen-bond acceptors (Lipinski definition) is 3. The van der Waals surface area contributed by atoms with Gasteiger partial charge in [0.15, 0.2) is 0 Å². The van der Waals surface area contributed by atoms with Crippen LogP contribution in [0.25, 0.3) is 0 Å². The molecule has 0 fully saturated rings. The van der Waals surface area contributed by atoms with Gasteiger partial charge in [-0.2, -0.15) is 0 Å². The van der Waals surface area contributed by atoms with Gasteiger partial charge in [-0.25, -0.2) is 0 Å². The zero-order valence-electron chi connectivity index (χ0n) is 10.7. The molecule has 0 heterocycles. The molecular formula is C15H16N2O2. The standard InChI is InChI=1S/C15H16N2O2/c1-10-6-7-11(9-16)8-13(10)17-15(19)12-4-2-3-5-14(12)18/h2-8,18H,9,16H2,1H3,(H,17,19). The number of phenolic OH excluding ortho intramolecular Hbond substituents is 1. The summed E-state index contributed by atoms with van der Waals surface area (Å²) in [6, 6.07) is 12.1. The van der Waals surface area contributed by atoms with Crippen molar-refractivity contribution < 1.29 is 9.90 Å². The molecule has 4 heteroatoms. The third-order valence-corrected chi connectivity index (χ3v) is 2.93. The Bertz CT molecular complexity index is 609. The first-order valence-electron chi connectivity index (χ1n) is 6.00. The van der Waals surface area contributed by atoms with E-state index in [-0.39, 0.29) is 17.2 Å². The number of carbonyl (C=O) groups excluding carboxylic acids is 1. The number of nitrogens with one attached hydrogen (secondary N) is 1. The summed E-state index contributed by atoms with van der Waals surface area (Å²) in [7, 11) is 0. The number of rotatable bonds is 3. The number of nitrogens with two attached hydrogens (primary N) is 1. The quantitative estimate of drug-likeness (QED) is 0.789. The lowest BCUT2D eigenvalue weighted by atomic mass is 10.1. The van der Waals surface area contributed by atoms with Crippen molar-refractivity contribution in [3.63, 3.8) is 0 Å². The second-order valence-electron chi connectivity index (χ2n) is 4.32. The first kappa shape index (κ1) is 13.1. The van der Waals surface area contributed by atoms with Crippen molar-refractivity contribution in [3.05, 3.63) is 59.2 Å². The first-order chi connectivity index (χ1) is 9.11. The molecule has 0 spiro atoms. The van der Waals surface area contributed by atoms with Crippen LogP contribution in [0.4, 0.5) is 5.69 Å². The Morgan fingerprint density at radius 3 is 2.68 bits per heavy atom. The largest absolute Gasteiger partial charge is 0.507 e. The number of amides is 1. The molecule has 0 radical (unpaired) electrons. The van der Waals surface area contributed by atoms with Gasteiger partial charge in [-0.1, -0.05) is 24.3 Å². The summed E-state index contributed by atoms with van der Waals surface area (Å²) in [6.07, 6.45) is 0. The number of phenols is 1. The van der Waals surface area contributed by atoms with Crippen LogP contribution in [0.15, 0.2) is 42.5 Å². The summed E-state index contributed by atoms with van der Waals surface area (Å²) in [5.41, 5.74) is 8.43. The minimum Gasteiger partial charge on any atom is -0.507 e. The van der Waals surface area contributed by atoms with Gasteiger partial charge in [0, 0.05) is 12.2 Å². The van der Waals surface area contributed by atoms with E-state index in [4.69, 9.17) is 5.73 Å². The molecule has 4 N–H and O–H groups in total. The highest BCUT2D eigenvalue weighted by molar-refractivity contribution is 6.06. The van der Waals surface area contributed by atoms with Crippen molar-refractivity contribution in [3.8, 4) is 5.75 Å². The molecule has 0 bridgehead atoms. The summed E-state index contributed by atoms with van der Waals surface area (Å²) >= 11 is 0. The third kappa shape index (κ3) is 2.92. The molecule has 19 heavy (non-hydrogen) atoms. The zero-order chi connectivity index (χ0) is 13.8. The van der Waals surface area contributed by atoms with E-state index in [0.29, 0.717) is 12.2 Å². The SMILES string of the molecule is Cc1ccc(CN)cc1NC(=O)c1ccccc1O. The van der Waals surface area contributed by atoms with Gasteiger partial charge in [0.1, 0.15) is 5.75 Å². The van der Waals surface area contributed by atoms with Crippen molar-refractivity contribution in [2.24, 2.45) is 5.73 Å². The maximum Gasteiger partial charge on any atom is 0.259 e. The van der Waals surface area contributed by atoms with Gasteiger partial charge in [-0.15, -0.1) is 0 Å². The summed E-state index contributed by atoms with van der Waals surface area (Å²) < 4.78 is 0. The molecule has 0 saturated carbocycles. The van der Waals surface area contributed by atoms with E-state index in [1.54, 1.807) is 18.2 Å². The smallest absolute Gasteiger partial charge is 0.259 e. The Balaban J connectivity index is 2.26. The average molecular weight is 256 g/mol. The number of para-hydroxylation sites is 1. The van der Waals surface area contributed by atoms with Crippen LogP contribution >= 0.6 is 0 Å². The zero-order valence-corrected chi connectivity index (χ0v) is 10.7. The number of anilines is 1. The molecule has 4 nitrogen and oxygen atoms in total. The van der Waals surface area contributed by atoms with Gasteiger partial charge in [0.25, 0.3) is 5.91 Å². The fourth-order valence-electron chi connectivity index (χ4n) is 1.79. The topological polar surface area (TPSA) is 75.3 Å². The molecule has 98 valence electrons. The summed E-state index contributed by atoms with van der Waals surface area (Å²) in [4.78, 5) is 12.1. The fraction of sp³-hybridized carbons (Fsp3) is 0.133. The van der Waals surface area contributed by atoms with Crippen LogP contribution in [0.5, 0.6) is 5.75 Å². The maximum absolute atomic E-state index is 12.1. The number of carbonyl (C=O) groups is 1. The van der Waals surface area contributed by atoms with Gasteiger partial charge in [-0.3, -0.25) is 4.79 Å². The first-order valence-corrected chi connectivity index (χ1v) is 6.00. The second-order valence-corrected chi connectivity index (χ2v) is 4.32. The van der Waals surface area contributed by atoms with E-state index in [0.717, 1.165) is 11.1 Å². The second kappa shape index (κ2) is 5.54. The Morgan fingerprint density at radius 2 is 2.00 bits per heavy atom. The minimum atomic E-state index is -0.338. The van der Waals surface area contributed by atoms with Crippen LogP contribution in [0, 0.1) is 6.92 Å². The van der Waals surface area contributed by atoms with Crippen molar-refractivity contribution >= 4 is 11.6 Å². The van der Waals surface area contributed by atoms with Crippen LogP contribution in [0.1, 0.15) is 21.5 Å². The van der Waals surface area contributed by atoms with Crippen molar-refractivity contribution in [1.29, 1.82) is 0 Å². The Morgan fingerprint density at radius 1 is 1.26 bits per heavy atom. The van der Waals surface area contributed by atoms with Crippen molar-refractivity contribution in [1.82, 2.24) is 0 Å². The minimum absolute atomic E-state index is 0.0346. The Labute approximate surface area is 111 Å². The fourth-order valence-corrected chi connectivity index (χ4v) is 1.79. The van der Waals surface area contributed by atoms with Crippen LogP contribution in [0.2, 0.25) is 0 Å². The van der Waals surface area contributed by atoms with Crippen LogP contribution in [0.3, 0.4) is 0 Å². The molecule has 0 aliphatic rings. The lowest BCUT2D eigenvalue weighted by Crippen LogP contribution is -2.13. The summed E-state index contributed by atoms with van der Waals surface area (Å²) in [6.45, 7) is 2.32. The van der Waals surface area contributed by atoms with E-state index in [2.05, 4.69) is 5.32 Å². The molecule has 2 rings (SSSR count). The highest BCUT2D eigenvalue weighted by Crippen LogP contribution is 2.21. The summed E-state index contributed by atoms with van der Waals surface area (Å²) in [5, 5.41) is 12.4. The van der Waals surface area contributed by atoms with E-state index in [9.17, 15) is 9.90 Å². The monoisotopic (exact) mass is 256 g/mol. The predicted octanol–water partition coefficient (Wildman–Crippen LogP) is 2.41. The highest BCUT2D eigenvalue weighted by atomic mass is 16.3. The number of aromatic hydroxyl groups is 1. The molecular weight excluding hydrogens is 240 g/mol. The molecule has 0 aliphatic carbocycles. The van der Waals surface area contributed by atoms with Crippen molar-refractivity contribution in [2.45, 2.75) is 13.5 Å². The summed E-state index contributed by atoms with van der Waals surface area (Å²) in [5.74, 6) is -0.372. The van der Waals surface area contributed by atoms with Gasteiger partial charge in [-0.05, 0) is 36.2 Å². The molecule has 0 aliphatic heterocycles.